The summed E-state index contributed by atoms with van der Waals surface area (Å²) >= 11 is 6.18. The van der Waals surface area contributed by atoms with E-state index in [4.69, 9.17) is 16.0 Å². The fraction of sp³-hybridized carbons (Fsp3) is 0.250. The Morgan fingerprint density at radius 3 is 2.55 bits per heavy atom. The predicted molar refractivity (Wildman–Crippen MR) is 124 cm³/mol. The quantitative estimate of drug-likeness (QED) is 0.494. The smallest absolute Gasteiger partial charge is 0.243 e. The molecule has 2 heterocycles. The number of sulfonamides is 1. The lowest BCUT2D eigenvalue weighted by Gasteiger charge is -2.25. The number of fused-ring (bicyclic) bond motifs is 1. The van der Waals surface area contributed by atoms with Crippen LogP contribution in [-0.4, -0.2) is 38.3 Å². The van der Waals surface area contributed by atoms with E-state index in [0.717, 1.165) is 28.2 Å². The van der Waals surface area contributed by atoms with E-state index in [-0.39, 0.29) is 0 Å². The lowest BCUT2D eigenvalue weighted by molar-refractivity contribution is 0.325. The van der Waals surface area contributed by atoms with Crippen LogP contribution in [0.15, 0.2) is 63.9 Å². The average Bonchev–Trinajstić information content (AvgIpc) is 3.14. The van der Waals surface area contributed by atoms with E-state index < -0.39 is 10.0 Å². The van der Waals surface area contributed by atoms with Gasteiger partial charge < -0.3 is 9.32 Å². The van der Waals surface area contributed by atoms with E-state index in [1.54, 1.807) is 12.1 Å². The molecule has 2 aromatic carbocycles. The van der Waals surface area contributed by atoms with E-state index >= 15 is 0 Å². The molecule has 0 spiro atoms. The van der Waals surface area contributed by atoms with Gasteiger partial charge in [-0.05, 0) is 49.5 Å². The van der Waals surface area contributed by atoms with Gasteiger partial charge in [-0.1, -0.05) is 54.1 Å². The van der Waals surface area contributed by atoms with Gasteiger partial charge in [0.2, 0.25) is 10.0 Å². The van der Waals surface area contributed by atoms with Crippen LogP contribution in [0.4, 0.5) is 0 Å². The number of furan rings is 1. The molecule has 3 aromatic rings. The summed E-state index contributed by atoms with van der Waals surface area (Å²) in [4.78, 5) is 2.32. The highest BCUT2D eigenvalue weighted by molar-refractivity contribution is 7.89. The molecule has 0 fully saturated rings. The van der Waals surface area contributed by atoms with Gasteiger partial charge >= 0.3 is 0 Å². The minimum absolute atomic E-state index is 0.294. The van der Waals surface area contributed by atoms with Crippen molar-refractivity contribution < 1.29 is 12.8 Å². The molecule has 0 aliphatic carbocycles. The normalized spacial score (nSPS) is 15.0. The van der Waals surface area contributed by atoms with Crippen molar-refractivity contribution >= 4 is 33.8 Å². The number of hydrogen-bond donors (Lipinski definition) is 0. The summed E-state index contributed by atoms with van der Waals surface area (Å²) < 4.78 is 33.8. The molecular formula is C24H25ClN2O3S. The van der Waals surface area contributed by atoms with Gasteiger partial charge in [-0.3, -0.25) is 0 Å². The van der Waals surface area contributed by atoms with E-state index in [1.165, 1.54) is 4.31 Å². The molecule has 7 heteroatoms. The summed E-state index contributed by atoms with van der Waals surface area (Å²) in [5.74, 6) is 1.76. The third-order valence-electron chi connectivity index (χ3n) is 5.23. The van der Waals surface area contributed by atoms with Crippen LogP contribution in [-0.2, 0) is 29.5 Å². The van der Waals surface area contributed by atoms with E-state index in [2.05, 4.69) is 0 Å². The molecule has 1 aromatic heterocycles. The van der Waals surface area contributed by atoms with Gasteiger partial charge in [0.25, 0.3) is 0 Å². The highest BCUT2D eigenvalue weighted by atomic mass is 35.5. The molecule has 4 rings (SSSR count). The van der Waals surface area contributed by atoms with Gasteiger partial charge in [0.1, 0.15) is 11.5 Å². The summed E-state index contributed by atoms with van der Waals surface area (Å²) in [6.45, 7) is 1.45. The summed E-state index contributed by atoms with van der Waals surface area (Å²) in [5.41, 5.74) is 2.77. The van der Waals surface area contributed by atoms with Crippen LogP contribution in [0.5, 0.6) is 0 Å². The highest BCUT2D eigenvalue weighted by Gasteiger charge is 2.30. The Kier molecular flexibility index (Phi) is 6.34. The maximum Gasteiger partial charge on any atom is 0.243 e. The Morgan fingerprint density at radius 2 is 1.84 bits per heavy atom. The second-order valence-electron chi connectivity index (χ2n) is 7.91. The monoisotopic (exact) mass is 456 g/mol. The molecule has 162 valence electrons. The standard InChI is InChI=1S/C24H25ClN2O3S/c1-26(2)17-21-15-20-16-27(14-13-24(20)30-21)31(28,29)22-11-8-18(9-12-22)7-10-19-5-3-4-6-23(19)25/h3-12,15H,13-14,16-17H2,1-2H3. The average molecular weight is 457 g/mol. The molecule has 31 heavy (non-hydrogen) atoms. The fourth-order valence-corrected chi connectivity index (χ4v) is 5.28. The van der Waals surface area contributed by atoms with Crippen molar-refractivity contribution in [2.75, 3.05) is 20.6 Å². The predicted octanol–water partition coefficient (Wildman–Crippen LogP) is 4.91. The molecule has 0 N–H and O–H groups in total. The van der Waals surface area contributed by atoms with Crippen LogP contribution in [0.2, 0.25) is 5.02 Å². The van der Waals surface area contributed by atoms with Crippen molar-refractivity contribution in [3.63, 3.8) is 0 Å². The first kappa shape index (κ1) is 21.8. The largest absolute Gasteiger partial charge is 0.464 e. The van der Waals surface area contributed by atoms with Gasteiger partial charge in [-0.2, -0.15) is 4.31 Å². The molecule has 0 atom stereocenters. The Balaban J connectivity index is 1.49. The van der Waals surface area contributed by atoms with Crippen molar-refractivity contribution in [2.24, 2.45) is 0 Å². The Bertz CT molecular complexity index is 1200. The van der Waals surface area contributed by atoms with Crippen LogP contribution in [0.1, 0.15) is 28.2 Å². The Labute approximate surface area is 188 Å². The third kappa shape index (κ3) is 4.93. The Morgan fingerprint density at radius 1 is 1.10 bits per heavy atom. The number of hydrogen-bond acceptors (Lipinski definition) is 4. The van der Waals surface area contributed by atoms with Crippen molar-refractivity contribution in [3.8, 4) is 0 Å². The number of halogens is 1. The first-order valence-electron chi connectivity index (χ1n) is 10.1. The topological polar surface area (TPSA) is 53.8 Å². The molecule has 0 unspecified atom stereocenters. The second kappa shape index (κ2) is 9.01. The lowest BCUT2D eigenvalue weighted by Crippen LogP contribution is -2.35. The molecule has 5 nitrogen and oxygen atoms in total. The number of benzene rings is 2. The molecule has 1 aliphatic heterocycles. The maximum atomic E-state index is 13.2. The molecular weight excluding hydrogens is 432 g/mol. The first-order valence-corrected chi connectivity index (χ1v) is 11.9. The fourth-order valence-electron chi connectivity index (χ4n) is 3.66. The molecule has 0 radical (unpaired) electrons. The summed E-state index contributed by atoms with van der Waals surface area (Å²) in [5, 5.41) is 0.676. The molecule has 0 saturated carbocycles. The zero-order chi connectivity index (χ0) is 22.0. The zero-order valence-corrected chi connectivity index (χ0v) is 19.2. The minimum Gasteiger partial charge on any atom is -0.464 e. The van der Waals surface area contributed by atoms with Crippen LogP contribution < -0.4 is 0 Å². The number of nitrogens with zero attached hydrogens (tertiary/aromatic N) is 2. The summed E-state index contributed by atoms with van der Waals surface area (Å²) in [6.07, 6.45) is 4.42. The zero-order valence-electron chi connectivity index (χ0n) is 17.6. The Hall–Kier alpha value is -2.38. The van der Waals surface area contributed by atoms with Crippen molar-refractivity contribution in [2.45, 2.75) is 24.4 Å². The van der Waals surface area contributed by atoms with Gasteiger partial charge in [0.05, 0.1) is 11.4 Å². The lowest BCUT2D eigenvalue weighted by atomic mass is 10.1. The van der Waals surface area contributed by atoms with Crippen LogP contribution in [0.25, 0.3) is 12.2 Å². The van der Waals surface area contributed by atoms with Crippen LogP contribution >= 0.6 is 11.6 Å². The molecule has 0 amide bonds. The maximum absolute atomic E-state index is 13.2. The molecule has 0 bridgehead atoms. The molecule has 1 aliphatic rings. The SMILES string of the molecule is CN(C)Cc1cc2c(o1)CCN(S(=O)(=O)c1ccc(C=Cc3ccccc3Cl)cc1)C2. The van der Waals surface area contributed by atoms with E-state index in [0.29, 0.717) is 36.0 Å². The van der Waals surface area contributed by atoms with Crippen molar-refractivity contribution in [1.82, 2.24) is 9.21 Å². The van der Waals surface area contributed by atoms with Gasteiger partial charge in [-0.15, -0.1) is 0 Å². The van der Waals surface area contributed by atoms with Gasteiger partial charge in [-0.25, -0.2) is 8.42 Å². The van der Waals surface area contributed by atoms with Gasteiger partial charge in [0.15, 0.2) is 0 Å². The van der Waals surface area contributed by atoms with Crippen molar-refractivity contribution in [3.05, 3.63) is 87.8 Å². The van der Waals surface area contributed by atoms with E-state index in [1.807, 2.05) is 73.6 Å². The van der Waals surface area contributed by atoms with E-state index in [9.17, 15) is 8.42 Å². The highest BCUT2D eigenvalue weighted by Crippen LogP contribution is 2.28. The van der Waals surface area contributed by atoms with Crippen molar-refractivity contribution in [1.29, 1.82) is 0 Å². The molecule has 0 saturated heterocycles. The van der Waals surface area contributed by atoms with Crippen LogP contribution in [0, 0.1) is 0 Å². The first-order chi connectivity index (χ1) is 14.8. The summed E-state index contributed by atoms with van der Waals surface area (Å²) in [6, 6.07) is 16.5. The van der Waals surface area contributed by atoms with Gasteiger partial charge in [0, 0.05) is 30.1 Å². The summed E-state index contributed by atoms with van der Waals surface area (Å²) in [7, 11) is 0.382. The number of rotatable bonds is 6. The second-order valence-corrected chi connectivity index (χ2v) is 10.3. The minimum atomic E-state index is -3.57. The third-order valence-corrected chi connectivity index (χ3v) is 7.44. The van der Waals surface area contributed by atoms with Crippen LogP contribution in [0.3, 0.4) is 0 Å².